The maximum Gasteiger partial charge on any atom is 0.414 e. The Bertz CT molecular complexity index is 1410. The zero-order chi connectivity index (χ0) is 28.2. The lowest BCUT2D eigenvalue weighted by atomic mass is 10.2. The molecule has 3 aromatic rings. The number of carbonyl (C=O) groups excluding carboxylic acids is 4. The number of carbonyl (C=O) groups is 4. The van der Waals surface area contributed by atoms with Crippen molar-refractivity contribution >= 4 is 40.9 Å². The van der Waals surface area contributed by atoms with Gasteiger partial charge in [0.15, 0.2) is 11.8 Å². The summed E-state index contributed by atoms with van der Waals surface area (Å²) in [5, 5.41) is 2.59. The highest BCUT2D eigenvalue weighted by atomic mass is 19.1. The largest absolute Gasteiger partial charge is 0.461 e. The summed E-state index contributed by atoms with van der Waals surface area (Å²) < 4.78 is 26.8. The number of fused-ring (bicyclic) bond motifs is 1. The van der Waals surface area contributed by atoms with E-state index in [1.165, 1.54) is 17.2 Å². The van der Waals surface area contributed by atoms with Crippen LogP contribution in [0.5, 0.6) is 0 Å². The van der Waals surface area contributed by atoms with E-state index in [0.29, 0.717) is 43.2 Å². The zero-order valence-corrected chi connectivity index (χ0v) is 21.4. The number of nitrogens with zero attached hydrogens (tertiary/aromatic N) is 6. The van der Waals surface area contributed by atoms with Gasteiger partial charge in [-0.2, -0.15) is 0 Å². The van der Waals surface area contributed by atoms with Gasteiger partial charge in [0.05, 0.1) is 37.2 Å². The minimum atomic E-state index is -0.682. The van der Waals surface area contributed by atoms with Crippen LogP contribution in [0.2, 0.25) is 0 Å². The second-order valence-electron chi connectivity index (χ2n) is 9.16. The van der Waals surface area contributed by atoms with E-state index in [2.05, 4.69) is 15.3 Å². The first kappa shape index (κ1) is 26.8. The molecule has 14 nitrogen and oxygen atoms in total. The van der Waals surface area contributed by atoms with E-state index in [0.717, 1.165) is 0 Å². The van der Waals surface area contributed by atoms with E-state index in [1.54, 1.807) is 40.0 Å². The fourth-order valence-electron chi connectivity index (χ4n) is 4.49. The molecule has 2 saturated heterocycles. The van der Waals surface area contributed by atoms with E-state index >= 15 is 4.39 Å². The van der Waals surface area contributed by atoms with Crippen LogP contribution in [-0.4, -0.2) is 102 Å². The molecule has 2 aliphatic heterocycles. The number of cyclic esters (lactones) is 1. The Labute approximate surface area is 227 Å². The smallest absolute Gasteiger partial charge is 0.414 e. The van der Waals surface area contributed by atoms with Crippen LogP contribution in [-0.2, 0) is 19.1 Å². The molecule has 2 aliphatic rings. The van der Waals surface area contributed by atoms with E-state index in [4.69, 9.17) is 15.2 Å². The molecular weight excluding hydrogens is 527 g/mol. The Hall–Kier alpha value is -4.79. The quantitative estimate of drug-likeness (QED) is 0.356. The van der Waals surface area contributed by atoms with Crippen molar-refractivity contribution in [2.24, 2.45) is 5.73 Å². The summed E-state index contributed by atoms with van der Waals surface area (Å²) in [6.07, 6.45) is 4.97. The van der Waals surface area contributed by atoms with Crippen LogP contribution in [0.4, 0.5) is 20.6 Å². The molecule has 0 bridgehead atoms. The molecule has 0 unspecified atom stereocenters. The van der Waals surface area contributed by atoms with Crippen molar-refractivity contribution in [3.8, 4) is 0 Å². The van der Waals surface area contributed by atoms with Crippen molar-refractivity contribution in [3.05, 3.63) is 54.5 Å². The van der Waals surface area contributed by atoms with Crippen LogP contribution in [0.15, 0.2) is 43.0 Å². The lowest BCUT2D eigenvalue weighted by molar-refractivity contribution is -0.144. The number of halogens is 1. The van der Waals surface area contributed by atoms with Gasteiger partial charge in [-0.05, 0) is 18.2 Å². The number of imidazole rings is 1. The average molecular weight is 555 g/mol. The van der Waals surface area contributed by atoms with Crippen molar-refractivity contribution in [2.45, 2.75) is 6.10 Å². The summed E-state index contributed by atoms with van der Waals surface area (Å²) in [6, 6.07) is 4.42. The van der Waals surface area contributed by atoms with E-state index in [-0.39, 0.29) is 37.8 Å². The minimum Gasteiger partial charge on any atom is -0.461 e. The van der Waals surface area contributed by atoms with Gasteiger partial charge in [-0.3, -0.25) is 24.3 Å². The number of rotatable bonds is 8. The third-order valence-electron chi connectivity index (χ3n) is 6.58. The Balaban J connectivity index is 1.11. The molecule has 2 fully saturated rings. The van der Waals surface area contributed by atoms with E-state index in [9.17, 15) is 19.2 Å². The highest BCUT2D eigenvalue weighted by molar-refractivity contribution is 5.95. The number of aromatic nitrogens is 3. The fourth-order valence-corrected chi connectivity index (χ4v) is 4.49. The maximum atomic E-state index is 15.1. The number of piperazine rings is 1. The second-order valence-corrected chi connectivity index (χ2v) is 9.16. The van der Waals surface area contributed by atoms with Gasteiger partial charge in [0.2, 0.25) is 5.91 Å². The number of anilines is 2. The monoisotopic (exact) mass is 554 g/mol. The number of nitrogens with one attached hydrogen (secondary N) is 1. The third kappa shape index (κ3) is 5.78. The van der Waals surface area contributed by atoms with E-state index in [1.807, 2.05) is 4.90 Å². The lowest BCUT2D eigenvalue weighted by Crippen LogP contribution is -2.51. The summed E-state index contributed by atoms with van der Waals surface area (Å²) in [5.74, 6) is -1.87. The highest BCUT2D eigenvalue weighted by Gasteiger charge is 2.34. The predicted molar refractivity (Wildman–Crippen MR) is 138 cm³/mol. The Kier molecular flexibility index (Phi) is 7.72. The molecule has 3 amide bonds. The molecule has 4 heterocycles. The van der Waals surface area contributed by atoms with Gasteiger partial charge in [0.1, 0.15) is 18.1 Å². The van der Waals surface area contributed by atoms with Gasteiger partial charge < -0.3 is 34.7 Å². The molecule has 5 rings (SSSR count). The first-order chi connectivity index (χ1) is 19.3. The van der Waals surface area contributed by atoms with Crippen molar-refractivity contribution in [1.29, 1.82) is 0 Å². The fraction of sp³-hybridized carbons (Fsp3) is 0.360. The number of ether oxygens (including phenoxy) is 2. The molecule has 2 aromatic heterocycles. The Morgan fingerprint density at radius 1 is 1.20 bits per heavy atom. The first-order valence-electron chi connectivity index (χ1n) is 12.6. The first-order valence-corrected chi connectivity index (χ1v) is 12.6. The number of nitrogens with two attached hydrogens (primary N) is 1. The van der Waals surface area contributed by atoms with Crippen molar-refractivity contribution in [2.75, 3.05) is 62.2 Å². The van der Waals surface area contributed by atoms with E-state index < -0.39 is 29.9 Å². The molecule has 1 aromatic carbocycles. The van der Waals surface area contributed by atoms with Crippen LogP contribution in [0, 0.1) is 5.82 Å². The van der Waals surface area contributed by atoms with Gasteiger partial charge in [0.25, 0.3) is 5.91 Å². The van der Waals surface area contributed by atoms with Crippen molar-refractivity contribution < 1.29 is 33.0 Å². The number of amides is 3. The van der Waals surface area contributed by atoms with Gasteiger partial charge in [-0.25, -0.2) is 14.2 Å². The number of hydrogen-bond donors (Lipinski definition) is 2. The minimum absolute atomic E-state index is 0.0984. The third-order valence-corrected chi connectivity index (χ3v) is 6.58. The van der Waals surface area contributed by atoms with Crippen LogP contribution in [0.1, 0.15) is 10.5 Å². The molecule has 0 saturated carbocycles. The summed E-state index contributed by atoms with van der Waals surface area (Å²) in [6.45, 7) is 0.955. The van der Waals surface area contributed by atoms with Crippen LogP contribution < -0.4 is 20.9 Å². The van der Waals surface area contributed by atoms with Crippen LogP contribution in [0.3, 0.4) is 0 Å². The van der Waals surface area contributed by atoms with Crippen molar-refractivity contribution in [1.82, 2.24) is 24.6 Å². The molecule has 15 heteroatoms. The molecule has 0 aliphatic carbocycles. The summed E-state index contributed by atoms with van der Waals surface area (Å²) in [5.41, 5.74) is 6.54. The normalized spacial score (nSPS) is 17.2. The molecule has 0 radical (unpaired) electrons. The van der Waals surface area contributed by atoms with Gasteiger partial charge >= 0.3 is 12.1 Å². The molecule has 3 N–H and O–H groups in total. The average Bonchev–Trinajstić information content (AvgIpc) is 3.58. The van der Waals surface area contributed by atoms with Gasteiger partial charge in [0, 0.05) is 44.8 Å². The van der Waals surface area contributed by atoms with Crippen LogP contribution in [0.25, 0.3) is 5.65 Å². The Morgan fingerprint density at radius 2 is 2.00 bits per heavy atom. The lowest BCUT2D eigenvalue weighted by Gasteiger charge is -2.36. The number of benzene rings is 1. The predicted octanol–water partition coefficient (Wildman–Crippen LogP) is -0.226. The second kappa shape index (κ2) is 11.5. The van der Waals surface area contributed by atoms with Crippen LogP contribution >= 0.6 is 0 Å². The maximum absolute atomic E-state index is 15.1. The highest BCUT2D eigenvalue weighted by Crippen LogP contribution is 2.28. The molecule has 210 valence electrons. The topological polar surface area (TPSA) is 165 Å². The Morgan fingerprint density at radius 3 is 2.73 bits per heavy atom. The summed E-state index contributed by atoms with van der Waals surface area (Å²) >= 11 is 0. The van der Waals surface area contributed by atoms with Crippen molar-refractivity contribution in [3.63, 3.8) is 0 Å². The zero-order valence-electron chi connectivity index (χ0n) is 21.4. The molecule has 1 atom stereocenters. The van der Waals surface area contributed by atoms with Gasteiger partial charge in [-0.15, -0.1) is 0 Å². The molecular formula is C25H27FN8O6. The van der Waals surface area contributed by atoms with Gasteiger partial charge in [-0.1, -0.05) is 0 Å². The molecule has 40 heavy (non-hydrogen) atoms. The summed E-state index contributed by atoms with van der Waals surface area (Å²) in [7, 11) is 0. The SMILES string of the molecule is NCC(=O)OC[C@H]1CN(c2ccc(N3CCN(C(=O)CNC(=O)c4cn5ccncc5n4)CC3)c(F)c2)C(=O)O1. The number of hydrogen-bond acceptors (Lipinski definition) is 10. The summed E-state index contributed by atoms with van der Waals surface area (Å²) in [4.78, 5) is 61.4. The number of esters is 1. The molecule has 0 spiro atoms. The standard InChI is InChI=1S/C25H27FN8O6/c26-18-9-16(34-13-17(40-25(34)38)15-39-23(36)10-27)1-2-20(18)31-5-7-32(8-6-31)22(35)12-29-24(37)19-14-33-4-3-28-11-21(33)30-19/h1-4,9,11,14,17H,5-8,10,12-13,15,27H2,(H,29,37)/t17-/m1/s1.